The summed E-state index contributed by atoms with van der Waals surface area (Å²) in [6.07, 6.45) is 3.29. The van der Waals surface area contributed by atoms with Gasteiger partial charge in [-0.3, -0.25) is 14.6 Å². The van der Waals surface area contributed by atoms with Crippen molar-refractivity contribution in [3.63, 3.8) is 0 Å². The highest BCUT2D eigenvalue weighted by Crippen LogP contribution is 2.40. The van der Waals surface area contributed by atoms with E-state index in [-0.39, 0.29) is 17.9 Å². The van der Waals surface area contributed by atoms with Crippen molar-refractivity contribution >= 4 is 45.0 Å². The lowest BCUT2D eigenvalue weighted by atomic mass is 9.95. The first-order valence-corrected chi connectivity index (χ1v) is 10.3. The van der Waals surface area contributed by atoms with Gasteiger partial charge >= 0.3 is 0 Å². The van der Waals surface area contributed by atoms with Crippen LogP contribution < -0.4 is 0 Å². The van der Waals surface area contributed by atoms with Crippen molar-refractivity contribution in [1.82, 2.24) is 9.88 Å². The molecule has 1 aromatic heterocycles. The number of ketones is 1. The van der Waals surface area contributed by atoms with Gasteiger partial charge in [-0.15, -0.1) is 0 Å². The first-order chi connectivity index (χ1) is 14.5. The maximum atomic E-state index is 13.0. The Morgan fingerprint density at radius 3 is 2.53 bits per heavy atom. The van der Waals surface area contributed by atoms with Crippen molar-refractivity contribution in [1.29, 1.82) is 0 Å². The molecule has 0 radical (unpaired) electrons. The van der Waals surface area contributed by atoms with Gasteiger partial charge in [0.15, 0.2) is 0 Å². The molecular formula is C23H16BrClN2O3. The number of amides is 1. The van der Waals surface area contributed by atoms with Crippen LogP contribution in [0.25, 0.3) is 5.76 Å². The molecule has 1 unspecified atom stereocenters. The normalized spacial score (nSPS) is 18.1. The lowest BCUT2D eigenvalue weighted by molar-refractivity contribution is -0.140. The Labute approximate surface area is 186 Å². The fourth-order valence-corrected chi connectivity index (χ4v) is 4.06. The zero-order valence-electron chi connectivity index (χ0n) is 15.6. The summed E-state index contributed by atoms with van der Waals surface area (Å²) in [6, 6.07) is 16.7. The SMILES string of the molecule is O=C1C(=O)N(Cc2cccnc2)C(c2cccc(Br)c2)/C1=C(/O)c1ccc(Cl)cc1. The first kappa shape index (κ1) is 20.3. The van der Waals surface area contributed by atoms with Crippen LogP contribution in [0.4, 0.5) is 0 Å². The van der Waals surface area contributed by atoms with Gasteiger partial charge in [0.25, 0.3) is 11.7 Å². The van der Waals surface area contributed by atoms with E-state index in [1.165, 1.54) is 4.90 Å². The summed E-state index contributed by atoms with van der Waals surface area (Å²) in [7, 11) is 0. The molecule has 7 heteroatoms. The van der Waals surface area contributed by atoms with E-state index in [4.69, 9.17) is 11.6 Å². The molecule has 1 saturated heterocycles. The Kier molecular flexibility index (Phi) is 5.70. The summed E-state index contributed by atoms with van der Waals surface area (Å²) in [5, 5.41) is 11.5. The zero-order valence-corrected chi connectivity index (χ0v) is 18.0. The number of Topliss-reactive ketones (excluding diaryl/α,β-unsaturated/α-hetero) is 1. The first-order valence-electron chi connectivity index (χ1n) is 9.14. The van der Waals surface area contributed by atoms with Gasteiger partial charge in [-0.2, -0.15) is 0 Å². The van der Waals surface area contributed by atoms with Crippen molar-refractivity contribution in [3.8, 4) is 0 Å². The number of hydrogen-bond acceptors (Lipinski definition) is 4. The summed E-state index contributed by atoms with van der Waals surface area (Å²) in [4.78, 5) is 31.5. The molecule has 5 nitrogen and oxygen atoms in total. The Morgan fingerprint density at radius 1 is 1.10 bits per heavy atom. The Morgan fingerprint density at radius 2 is 1.87 bits per heavy atom. The molecular weight excluding hydrogens is 468 g/mol. The molecule has 1 N–H and O–H groups in total. The summed E-state index contributed by atoms with van der Waals surface area (Å²) in [5.41, 5.74) is 1.96. The lowest BCUT2D eigenvalue weighted by Crippen LogP contribution is -2.29. The number of halogens is 2. The van der Waals surface area contributed by atoms with E-state index >= 15 is 0 Å². The van der Waals surface area contributed by atoms with Crippen molar-refractivity contribution in [2.75, 3.05) is 0 Å². The van der Waals surface area contributed by atoms with Gasteiger partial charge in [0.1, 0.15) is 5.76 Å². The third-order valence-electron chi connectivity index (χ3n) is 4.90. The standard InChI is InChI=1S/C23H16BrClN2O3/c24-17-5-1-4-16(11-17)20-19(21(28)15-6-8-18(25)9-7-15)22(29)23(30)27(20)13-14-3-2-10-26-12-14/h1-12,20,28H,13H2/b21-19-. The molecule has 0 aliphatic carbocycles. The predicted octanol–water partition coefficient (Wildman–Crippen LogP) is 5.12. The summed E-state index contributed by atoms with van der Waals surface area (Å²) in [5.74, 6) is -1.63. The van der Waals surface area contributed by atoms with Crippen LogP contribution >= 0.6 is 27.5 Å². The molecule has 0 bridgehead atoms. The number of likely N-dealkylation sites (tertiary alicyclic amines) is 1. The second kappa shape index (κ2) is 8.42. The van der Waals surface area contributed by atoms with Crippen molar-refractivity contribution in [2.24, 2.45) is 0 Å². The smallest absolute Gasteiger partial charge is 0.295 e. The number of hydrogen-bond donors (Lipinski definition) is 1. The highest BCUT2D eigenvalue weighted by molar-refractivity contribution is 9.10. The van der Waals surface area contributed by atoms with Crippen LogP contribution in [-0.2, 0) is 16.1 Å². The van der Waals surface area contributed by atoms with E-state index in [2.05, 4.69) is 20.9 Å². The van der Waals surface area contributed by atoms with Crippen LogP contribution in [0.2, 0.25) is 5.02 Å². The van der Waals surface area contributed by atoms with Gasteiger partial charge in [0.2, 0.25) is 0 Å². The van der Waals surface area contributed by atoms with Gasteiger partial charge in [-0.05, 0) is 53.6 Å². The highest BCUT2D eigenvalue weighted by Gasteiger charge is 2.46. The summed E-state index contributed by atoms with van der Waals surface area (Å²) >= 11 is 9.39. The highest BCUT2D eigenvalue weighted by atomic mass is 79.9. The molecule has 0 spiro atoms. The van der Waals surface area contributed by atoms with Crippen LogP contribution in [0, 0.1) is 0 Å². The average Bonchev–Trinajstić information content (AvgIpc) is 2.99. The maximum Gasteiger partial charge on any atom is 0.295 e. The minimum absolute atomic E-state index is 0.0457. The topological polar surface area (TPSA) is 70.5 Å². The van der Waals surface area contributed by atoms with Crippen LogP contribution in [0.1, 0.15) is 22.7 Å². The molecule has 1 amide bonds. The molecule has 1 atom stereocenters. The van der Waals surface area contributed by atoms with Crippen LogP contribution in [0.3, 0.4) is 0 Å². The number of rotatable bonds is 4. The molecule has 2 aromatic carbocycles. The summed E-state index contributed by atoms with van der Waals surface area (Å²) < 4.78 is 0.804. The number of benzene rings is 2. The van der Waals surface area contributed by atoms with E-state index in [0.717, 1.165) is 10.0 Å². The quantitative estimate of drug-likeness (QED) is 0.318. The van der Waals surface area contributed by atoms with Gasteiger partial charge in [0, 0.05) is 34.0 Å². The van der Waals surface area contributed by atoms with E-state index < -0.39 is 17.7 Å². The van der Waals surface area contributed by atoms with Crippen molar-refractivity contribution in [2.45, 2.75) is 12.6 Å². The molecule has 2 heterocycles. The van der Waals surface area contributed by atoms with Gasteiger partial charge in [-0.25, -0.2) is 0 Å². The van der Waals surface area contributed by atoms with Gasteiger partial charge in [0.05, 0.1) is 11.6 Å². The van der Waals surface area contributed by atoms with Crippen molar-refractivity contribution < 1.29 is 14.7 Å². The third kappa shape index (κ3) is 3.88. The zero-order chi connectivity index (χ0) is 21.3. The maximum absolute atomic E-state index is 13.0. The fourth-order valence-electron chi connectivity index (χ4n) is 3.52. The number of aliphatic hydroxyl groups excluding tert-OH is 1. The predicted molar refractivity (Wildman–Crippen MR) is 118 cm³/mol. The molecule has 1 fully saturated rings. The van der Waals surface area contributed by atoms with E-state index in [9.17, 15) is 14.7 Å². The van der Waals surface area contributed by atoms with Crippen LogP contribution in [0.15, 0.2) is 83.1 Å². The van der Waals surface area contributed by atoms with E-state index in [1.807, 2.05) is 30.3 Å². The molecule has 30 heavy (non-hydrogen) atoms. The number of aliphatic hydroxyl groups is 1. The van der Waals surface area contributed by atoms with Crippen LogP contribution in [-0.4, -0.2) is 26.7 Å². The van der Waals surface area contributed by atoms with E-state index in [1.54, 1.807) is 42.7 Å². The Balaban J connectivity index is 1.87. The lowest BCUT2D eigenvalue weighted by Gasteiger charge is -2.25. The van der Waals surface area contributed by atoms with Gasteiger partial charge < -0.3 is 10.0 Å². The van der Waals surface area contributed by atoms with Crippen molar-refractivity contribution in [3.05, 3.63) is 105 Å². The van der Waals surface area contributed by atoms with Crippen LogP contribution in [0.5, 0.6) is 0 Å². The monoisotopic (exact) mass is 482 g/mol. The van der Waals surface area contributed by atoms with E-state index in [0.29, 0.717) is 16.1 Å². The molecule has 0 saturated carbocycles. The number of aromatic nitrogens is 1. The molecule has 3 aromatic rings. The number of carbonyl (C=O) groups is 2. The molecule has 150 valence electrons. The summed E-state index contributed by atoms with van der Waals surface area (Å²) in [6.45, 7) is 0.187. The minimum Gasteiger partial charge on any atom is -0.507 e. The minimum atomic E-state index is -0.738. The largest absolute Gasteiger partial charge is 0.507 e. The average molecular weight is 484 g/mol. The number of nitrogens with zero attached hydrogens (tertiary/aromatic N) is 2. The fraction of sp³-hybridized carbons (Fsp3) is 0.0870. The molecule has 4 rings (SSSR count). The second-order valence-corrected chi connectivity index (χ2v) is 8.20. The third-order valence-corrected chi connectivity index (χ3v) is 5.64. The Hall–Kier alpha value is -2.96. The van der Waals surface area contributed by atoms with Gasteiger partial charge in [-0.1, -0.05) is 45.7 Å². The Bertz CT molecular complexity index is 1150. The molecule has 1 aliphatic heterocycles. The second-order valence-electron chi connectivity index (χ2n) is 6.85. The number of pyridine rings is 1. The molecule has 1 aliphatic rings. The number of carbonyl (C=O) groups excluding carboxylic acids is 2.